The van der Waals surface area contributed by atoms with Crippen LogP contribution in [0.3, 0.4) is 0 Å². The molecule has 1 aliphatic rings. The summed E-state index contributed by atoms with van der Waals surface area (Å²) in [5.74, 6) is 0.640. The smallest absolute Gasteiger partial charge is 0.338 e. The van der Waals surface area contributed by atoms with Gasteiger partial charge in [0.2, 0.25) is 0 Å². The second-order valence-corrected chi connectivity index (χ2v) is 9.49. The normalized spacial score (nSPS) is 20.1. The number of rotatable bonds is 7. The highest BCUT2D eigenvalue weighted by atomic mass is 16.5. The van der Waals surface area contributed by atoms with Crippen molar-refractivity contribution >= 4 is 11.9 Å². The first-order valence-electron chi connectivity index (χ1n) is 10.6. The van der Waals surface area contributed by atoms with E-state index in [0.29, 0.717) is 35.0 Å². The fraction of sp³-hybridized carbons (Fsp3) is 0.667. The molecular weight excluding hydrogens is 352 g/mol. The van der Waals surface area contributed by atoms with Crippen LogP contribution in [0.1, 0.15) is 93.9 Å². The Morgan fingerprint density at radius 1 is 0.964 bits per heavy atom. The van der Waals surface area contributed by atoms with Crippen molar-refractivity contribution in [2.45, 2.75) is 79.2 Å². The molecule has 0 aromatic heterocycles. The molecule has 1 aliphatic carbocycles. The zero-order valence-electron chi connectivity index (χ0n) is 18.1. The number of hydrogen-bond acceptors (Lipinski definition) is 4. The third kappa shape index (κ3) is 6.96. The van der Waals surface area contributed by atoms with E-state index in [-0.39, 0.29) is 18.0 Å². The Morgan fingerprint density at radius 3 is 2.00 bits per heavy atom. The third-order valence-corrected chi connectivity index (χ3v) is 5.69. The summed E-state index contributed by atoms with van der Waals surface area (Å²) < 4.78 is 11.0. The zero-order chi connectivity index (χ0) is 20.7. The molecule has 0 saturated heterocycles. The average molecular weight is 389 g/mol. The molecule has 0 amide bonds. The number of benzene rings is 1. The summed E-state index contributed by atoms with van der Waals surface area (Å²) in [5, 5.41) is 0. The first-order valence-corrected chi connectivity index (χ1v) is 10.6. The molecular formula is C24H36O4. The Hall–Kier alpha value is -1.84. The van der Waals surface area contributed by atoms with E-state index in [0.717, 1.165) is 38.5 Å². The first kappa shape index (κ1) is 22.4. The first-order chi connectivity index (χ1) is 13.2. The monoisotopic (exact) mass is 388 g/mol. The fourth-order valence-corrected chi connectivity index (χ4v) is 3.75. The fourth-order valence-electron chi connectivity index (χ4n) is 3.75. The Morgan fingerprint density at radius 2 is 1.50 bits per heavy atom. The largest absolute Gasteiger partial charge is 0.462 e. The van der Waals surface area contributed by atoms with Crippen molar-refractivity contribution in [3.63, 3.8) is 0 Å². The van der Waals surface area contributed by atoms with Crippen LogP contribution in [-0.4, -0.2) is 24.6 Å². The standard InChI is InChI=1S/C24H36O4/c1-17(2)7-6-16-27-22(25)18-8-10-19(11-9-18)23(26)28-21-14-12-20(13-15-21)24(3,4)5/h8-11,17,20-21H,6-7,12-16H2,1-5H3. The average Bonchev–Trinajstić information content (AvgIpc) is 2.64. The van der Waals surface area contributed by atoms with Gasteiger partial charge in [0.1, 0.15) is 6.10 Å². The van der Waals surface area contributed by atoms with Crippen LogP contribution in [0, 0.1) is 17.3 Å². The summed E-state index contributed by atoms with van der Waals surface area (Å²) in [6.45, 7) is 11.6. The minimum atomic E-state index is -0.343. The lowest BCUT2D eigenvalue weighted by Gasteiger charge is -2.36. The lowest BCUT2D eigenvalue weighted by molar-refractivity contribution is 0.00925. The summed E-state index contributed by atoms with van der Waals surface area (Å²) in [6, 6.07) is 6.57. The van der Waals surface area contributed by atoms with Crippen LogP contribution in [0.15, 0.2) is 24.3 Å². The van der Waals surface area contributed by atoms with Crippen molar-refractivity contribution in [2.24, 2.45) is 17.3 Å². The van der Waals surface area contributed by atoms with Crippen molar-refractivity contribution in [2.75, 3.05) is 6.61 Å². The van der Waals surface area contributed by atoms with E-state index >= 15 is 0 Å². The Labute approximate surface area is 170 Å². The van der Waals surface area contributed by atoms with E-state index in [1.54, 1.807) is 24.3 Å². The SMILES string of the molecule is CC(C)CCCOC(=O)c1ccc(C(=O)OC2CCC(C(C)(C)C)CC2)cc1. The quantitative estimate of drug-likeness (QED) is 0.422. The highest BCUT2D eigenvalue weighted by Crippen LogP contribution is 2.38. The van der Waals surface area contributed by atoms with Crippen molar-refractivity contribution in [3.8, 4) is 0 Å². The molecule has 1 saturated carbocycles. The second-order valence-electron chi connectivity index (χ2n) is 9.49. The van der Waals surface area contributed by atoms with Crippen LogP contribution in [-0.2, 0) is 9.47 Å². The van der Waals surface area contributed by atoms with Crippen molar-refractivity contribution in [1.82, 2.24) is 0 Å². The van der Waals surface area contributed by atoms with Gasteiger partial charge in [0.05, 0.1) is 17.7 Å². The maximum atomic E-state index is 12.4. The minimum absolute atomic E-state index is 0.00306. The Balaban J connectivity index is 1.79. The molecule has 28 heavy (non-hydrogen) atoms. The van der Waals surface area contributed by atoms with Gasteiger partial charge in [-0.15, -0.1) is 0 Å². The Bertz CT molecular complexity index is 632. The van der Waals surface area contributed by atoms with Gasteiger partial charge in [-0.3, -0.25) is 0 Å². The molecule has 0 aliphatic heterocycles. The van der Waals surface area contributed by atoms with Gasteiger partial charge >= 0.3 is 11.9 Å². The molecule has 2 rings (SSSR count). The molecule has 0 bridgehead atoms. The number of ether oxygens (including phenoxy) is 2. The lowest BCUT2D eigenvalue weighted by atomic mass is 9.72. The molecule has 1 aromatic carbocycles. The predicted molar refractivity (Wildman–Crippen MR) is 111 cm³/mol. The second kappa shape index (κ2) is 10.1. The molecule has 0 radical (unpaired) electrons. The van der Waals surface area contributed by atoms with Crippen molar-refractivity contribution in [3.05, 3.63) is 35.4 Å². The highest BCUT2D eigenvalue weighted by Gasteiger charge is 2.31. The molecule has 0 spiro atoms. The van der Waals surface area contributed by atoms with Crippen LogP contribution < -0.4 is 0 Å². The number of hydrogen-bond donors (Lipinski definition) is 0. The van der Waals surface area contributed by atoms with Crippen LogP contribution in [0.2, 0.25) is 0 Å². The van der Waals surface area contributed by atoms with E-state index in [1.165, 1.54) is 0 Å². The lowest BCUT2D eigenvalue weighted by Crippen LogP contribution is -2.30. The molecule has 0 heterocycles. The van der Waals surface area contributed by atoms with Gasteiger partial charge in [-0.05, 0) is 80.0 Å². The summed E-state index contributed by atoms with van der Waals surface area (Å²) in [4.78, 5) is 24.5. The van der Waals surface area contributed by atoms with Gasteiger partial charge in [-0.2, -0.15) is 0 Å². The van der Waals surface area contributed by atoms with Gasteiger partial charge in [0.15, 0.2) is 0 Å². The third-order valence-electron chi connectivity index (χ3n) is 5.69. The molecule has 4 nitrogen and oxygen atoms in total. The van der Waals surface area contributed by atoms with E-state index in [2.05, 4.69) is 34.6 Å². The molecule has 4 heteroatoms. The number of carbonyl (C=O) groups is 2. The van der Waals surface area contributed by atoms with Gasteiger partial charge in [-0.1, -0.05) is 34.6 Å². The van der Waals surface area contributed by atoms with Gasteiger partial charge in [-0.25, -0.2) is 9.59 Å². The predicted octanol–water partition coefficient (Wildman–Crippen LogP) is 6.04. The van der Waals surface area contributed by atoms with E-state index in [1.807, 2.05) is 0 Å². The molecule has 0 unspecified atom stereocenters. The number of esters is 2. The van der Waals surface area contributed by atoms with Crippen LogP contribution >= 0.6 is 0 Å². The van der Waals surface area contributed by atoms with Crippen LogP contribution in [0.25, 0.3) is 0 Å². The minimum Gasteiger partial charge on any atom is -0.462 e. The van der Waals surface area contributed by atoms with Crippen LogP contribution in [0.4, 0.5) is 0 Å². The van der Waals surface area contributed by atoms with E-state index in [9.17, 15) is 9.59 Å². The maximum absolute atomic E-state index is 12.4. The van der Waals surface area contributed by atoms with Crippen LogP contribution in [0.5, 0.6) is 0 Å². The highest BCUT2D eigenvalue weighted by molar-refractivity contribution is 5.93. The summed E-state index contributed by atoms with van der Waals surface area (Å²) in [5.41, 5.74) is 1.26. The molecule has 1 fully saturated rings. The molecule has 0 N–H and O–H groups in total. The van der Waals surface area contributed by atoms with Gasteiger partial charge < -0.3 is 9.47 Å². The summed E-state index contributed by atoms with van der Waals surface area (Å²) in [6.07, 6.45) is 5.95. The zero-order valence-corrected chi connectivity index (χ0v) is 18.1. The Kier molecular flexibility index (Phi) is 8.09. The maximum Gasteiger partial charge on any atom is 0.338 e. The molecule has 156 valence electrons. The van der Waals surface area contributed by atoms with E-state index < -0.39 is 0 Å². The topological polar surface area (TPSA) is 52.6 Å². The molecule has 0 atom stereocenters. The van der Waals surface area contributed by atoms with Gasteiger partial charge in [0, 0.05) is 0 Å². The summed E-state index contributed by atoms with van der Waals surface area (Å²) in [7, 11) is 0. The van der Waals surface area contributed by atoms with E-state index in [4.69, 9.17) is 9.47 Å². The van der Waals surface area contributed by atoms with Crippen molar-refractivity contribution < 1.29 is 19.1 Å². The van der Waals surface area contributed by atoms with Gasteiger partial charge in [0.25, 0.3) is 0 Å². The number of carbonyl (C=O) groups excluding carboxylic acids is 2. The van der Waals surface area contributed by atoms with Crippen molar-refractivity contribution in [1.29, 1.82) is 0 Å². The molecule has 1 aromatic rings. The summed E-state index contributed by atoms with van der Waals surface area (Å²) >= 11 is 0.